The first-order valence-corrected chi connectivity index (χ1v) is 14.6. The molecule has 2 aliphatic carbocycles. The van der Waals surface area contributed by atoms with E-state index in [4.69, 9.17) is 11.6 Å². The van der Waals surface area contributed by atoms with E-state index < -0.39 is 34.8 Å². The van der Waals surface area contributed by atoms with E-state index in [2.05, 4.69) is 30.4 Å². The van der Waals surface area contributed by atoms with Crippen molar-refractivity contribution in [1.82, 2.24) is 29.7 Å². The van der Waals surface area contributed by atoms with Crippen LogP contribution in [0.25, 0.3) is 11.3 Å². The lowest BCUT2D eigenvalue weighted by Gasteiger charge is -2.25. The summed E-state index contributed by atoms with van der Waals surface area (Å²) in [5, 5.41) is 6.86. The molecule has 1 saturated heterocycles. The monoisotopic (exact) mass is 622 g/mol. The van der Waals surface area contributed by atoms with Gasteiger partial charge in [-0.25, -0.2) is 28.1 Å². The van der Waals surface area contributed by atoms with Crippen LogP contribution in [0.1, 0.15) is 65.1 Å². The van der Waals surface area contributed by atoms with Gasteiger partial charge in [-0.2, -0.15) is 5.10 Å². The Bertz CT molecular complexity index is 1840. The van der Waals surface area contributed by atoms with Crippen LogP contribution in [0.3, 0.4) is 0 Å². The average molecular weight is 623 g/mol. The van der Waals surface area contributed by atoms with Crippen molar-refractivity contribution in [2.75, 3.05) is 16.8 Å². The van der Waals surface area contributed by atoms with Crippen LogP contribution in [-0.2, 0) is 10.3 Å². The molecule has 1 aromatic carbocycles. The van der Waals surface area contributed by atoms with Gasteiger partial charge in [0.1, 0.15) is 5.69 Å². The quantitative estimate of drug-likeness (QED) is 0.283. The number of alkyl halides is 2. The number of benzene rings is 1. The number of hydrogen-bond acceptors (Lipinski definition) is 7. The number of carbonyl (C=O) groups excluding carboxylic acids is 2. The number of aryl methyl sites for hydroxylation is 2. The lowest BCUT2D eigenvalue weighted by molar-refractivity contribution is -0.123. The first-order chi connectivity index (χ1) is 21.1. The maximum Gasteiger partial charge on any atom is 0.276 e. The molecule has 4 heterocycles. The van der Waals surface area contributed by atoms with Crippen LogP contribution >= 0.6 is 11.6 Å². The largest absolute Gasteiger partial charge is 0.318 e. The van der Waals surface area contributed by atoms with Crippen LogP contribution in [0.15, 0.2) is 36.9 Å². The molecule has 10 nitrogen and oxygen atoms in total. The Balaban J connectivity index is 1.12. The molecule has 44 heavy (non-hydrogen) atoms. The number of anilines is 2. The average Bonchev–Trinajstić information content (AvgIpc) is 3.57. The molecule has 1 N–H and O–H groups in total. The van der Waals surface area contributed by atoms with Gasteiger partial charge in [0, 0.05) is 47.2 Å². The smallest absolute Gasteiger partial charge is 0.276 e. The van der Waals surface area contributed by atoms with Crippen LogP contribution < -0.4 is 10.2 Å². The molecular formula is C30H26ClF3N8O2. The Morgan fingerprint density at radius 1 is 1.09 bits per heavy atom. The Morgan fingerprint density at radius 2 is 1.89 bits per heavy atom. The third-order valence-corrected chi connectivity index (χ3v) is 9.21. The van der Waals surface area contributed by atoms with E-state index in [1.165, 1.54) is 13.1 Å². The molecule has 0 radical (unpaired) electrons. The van der Waals surface area contributed by atoms with Crippen molar-refractivity contribution in [2.45, 2.75) is 51.5 Å². The van der Waals surface area contributed by atoms with E-state index in [1.54, 1.807) is 22.0 Å². The summed E-state index contributed by atoms with van der Waals surface area (Å²) in [6.07, 6.45) is 6.59. The number of fused-ring (bicyclic) bond motifs is 1. The number of amides is 2. The van der Waals surface area contributed by atoms with Crippen molar-refractivity contribution in [3.05, 3.63) is 76.0 Å². The number of hydrogen-bond donors (Lipinski definition) is 1. The summed E-state index contributed by atoms with van der Waals surface area (Å²) >= 11 is 5.86. The van der Waals surface area contributed by atoms with Crippen LogP contribution in [0.5, 0.6) is 0 Å². The van der Waals surface area contributed by atoms with E-state index in [0.29, 0.717) is 24.1 Å². The fraction of sp³-hybridized carbons (Fsp3) is 0.367. The Morgan fingerprint density at radius 3 is 2.52 bits per heavy atom. The molecule has 2 amide bonds. The van der Waals surface area contributed by atoms with Crippen molar-refractivity contribution in [3.63, 3.8) is 0 Å². The molecule has 0 bridgehead atoms. The summed E-state index contributed by atoms with van der Waals surface area (Å²) in [6.45, 7) is 4.08. The van der Waals surface area contributed by atoms with Crippen molar-refractivity contribution in [2.24, 2.45) is 11.8 Å². The predicted molar refractivity (Wildman–Crippen MR) is 154 cm³/mol. The van der Waals surface area contributed by atoms with Gasteiger partial charge in [0.2, 0.25) is 11.9 Å². The molecule has 2 atom stereocenters. The van der Waals surface area contributed by atoms with Crippen molar-refractivity contribution in [3.8, 4) is 11.3 Å². The zero-order valence-electron chi connectivity index (χ0n) is 23.7. The van der Waals surface area contributed by atoms with Gasteiger partial charge in [-0.1, -0.05) is 17.7 Å². The minimum absolute atomic E-state index is 0.0939. The van der Waals surface area contributed by atoms with Gasteiger partial charge in [0.15, 0.2) is 5.82 Å². The Hall–Kier alpha value is -4.39. The van der Waals surface area contributed by atoms with E-state index in [1.807, 2.05) is 6.92 Å². The summed E-state index contributed by atoms with van der Waals surface area (Å²) < 4.78 is 43.9. The first-order valence-electron chi connectivity index (χ1n) is 14.2. The SMILES string of the molecule is Cc1nc(N2C[C@H]3CC[C@H]3C2=O)ncc1C1(n2cc(NC(=O)c3nc(-c4c(C(F)F)ccc(Cl)c4F)cnc3C)cn2)CC1. The molecule has 226 valence electrons. The number of aromatic nitrogens is 6. The second-order valence-corrected chi connectivity index (χ2v) is 11.9. The molecule has 14 heteroatoms. The molecule has 0 spiro atoms. The maximum absolute atomic E-state index is 14.9. The van der Waals surface area contributed by atoms with Crippen LogP contribution in [-0.4, -0.2) is 48.1 Å². The minimum atomic E-state index is -3.00. The second-order valence-electron chi connectivity index (χ2n) is 11.5. The highest BCUT2D eigenvalue weighted by atomic mass is 35.5. The van der Waals surface area contributed by atoms with Gasteiger partial charge >= 0.3 is 0 Å². The van der Waals surface area contributed by atoms with Crippen LogP contribution in [0.2, 0.25) is 5.02 Å². The highest BCUT2D eigenvalue weighted by Crippen LogP contribution is 2.50. The standard InChI is InChI=1S/C30H26ClF3N8O2/c1-14-20(10-36-29(38-14)41-12-16-3-4-18(16)28(41)44)30(7-8-30)42-13-17(9-37-42)39-27(43)25-15(2)35-11-22(40-25)23-19(26(33)34)5-6-21(31)24(23)32/h5-6,9-11,13,16,18,26H,3-4,7-8,12H2,1-2H3,(H,39,43)/t16-,18-/m1/s1. The first kappa shape index (κ1) is 28.4. The Kier molecular flexibility index (Phi) is 6.68. The summed E-state index contributed by atoms with van der Waals surface area (Å²) in [5.74, 6) is -0.737. The molecule has 4 aromatic rings. The normalized spacial score (nSPS) is 20.1. The number of rotatable bonds is 7. The van der Waals surface area contributed by atoms with E-state index in [-0.39, 0.29) is 33.9 Å². The molecule has 7 rings (SSSR count). The van der Waals surface area contributed by atoms with Crippen LogP contribution in [0, 0.1) is 31.5 Å². The van der Waals surface area contributed by atoms with Gasteiger partial charge in [0.25, 0.3) is 12.3 Å². The Labute approximate surface area is 254 Å². The summed E-state index contributed by atoms with van der Waals surface area (Å²) in [5.41, 5.74) is 0.182. The van der Waals surface area contributed by atoms with E-state index in [9.17, 15) is 22.8 Å². The predicted octanol–water partition coefficient (Wildman–Crippen LogP) is 5.64. The third-order valence-electron chi connectivity index (χ3n) is 8.92. The van der Waals surface area contributed by atoms with Gasteiger partial charge < -0.3 is 5.32 Å². The van der Waals surface area contributed by atoms with E-state index >= 15 is 0 Å². The van der Waals surface area contributed by atoms with Crippen molar-refractivity contribution >= 4 is 35.1 Å². The lowest BCUT2D eigenvalue weighted by Crippen LogP contribution is -2.30. The number of carbonyl (C=O) groups is 2. The molecule has 1 aliphatic heterocycles. The van der Waals surface area contributed by atoms with Gasteiger partial charge in [-0.15, -0.1) is 0 Å². The molecule has 3 fully saturated rings. The van der Waals surface area contributed by atoms with Gasteiger partial charge in [-0.3, -0.25) is 24.2 Å². The molecule has 3 aromatic heterocycles. The second kappa shape index (κ2) is 10.4. The molecular weight excluding hydrogens is 597 g/mol. The highest BCUT2D eigenvalue weighted by molar-refractivity contribution is 6.31. The number of nitrogens with one attached hydrogen (secondary N) is 1. The zero-order valence-corrected chi connectivity index (χ0v) is 24.4. The number of halogens is 4. The highest BCUT2D eigenvalue weighted by Gasteiger charge is 2.50. The van der Waals surface area contributed by atoms with Crippen LogP contribution in [0.4, 0.5) is 24.8 Å². The maximum atomic E-state index is 14.9. The molecule has 0 unspecified atom stereocenters. The minimum Gasteiger partial charge on any atom is -0.318 e. The van der Waals surface area contributed by atoms with E-state index in [0.717, 1.165) is 55.3 Å². The number of nitrogens with zero attached hydrogens (tertiary/aromatic N) is 7. The van der Waals surface area contributed by atoms with Crippen molar-refractivity contribution in [1.29, 1.82) is 0 Å². The topological polar surface area (TPSA) is 119 Å². The zero-order chi connectivity index (χ0) is 30.9. The fourth-order valence-electron chi connectivity index (χ4n) is 6.20. The van der Waals surface area contributed by atoms with Gasteiger partial charge in [0.05, 0.1) is 40.0 Å². The van der Waals surface area contributed by atoms with Crippen molar-refractivity contribution < 1.29 is 22.8 Å². The van der Waals surface area contributed by atoms with Gasteiger partial charge in [-0.05, 0) is 51.5 Å². The molecule has 2 saturated carbocycles. The third kappa shape index (κ3) is 4.52. The molecule has 3 aliphatic rings. The lowest BCUT2D eigenvalue weighted by atomic mass is 9.76. The summed E-state index contributed by atoms with van der Waals surface area (Å²) in [7, 11) is 0. The summed E-state index contributed by atoms with van der Waals surface area (Å²) in [6, 6.07) is 2.06. The fourth-order valence-corrected chi connectivity index (χ4v) is 6.36. The summed E-state index contributed by atoms with van der Waals surface area (Å²) in [4.78, 5) is 45.2.